The smallest absolute Gasteiger partial charge is 0.270 e. The number of guanidine groups is 1. The van der Waals surface area contributed by atoms with Gasteiger partial charge in [0, 0.05) is 17.7 Å². The van der Waals surface area contributed by atoms with Gasteiger partial charge >= 0.3 is 0 Å². The van der Waals surface area contributed by atoms with Crippen LogP contribution in [0.4, 0.5) is 16.5 Å². The van der Waals surface area contributed by atoms with Gasteiger partial charge in [-0.15, -0.1) is 12.4 Å². The summed E-state index contributed by atoms with van der Waals surface area (Å²) in [5.74, 6) is -0.425. The highest BCUT2D eigenvalue weighted by Crippen LogP contribution is 2.29. The van der Waals surface area contributed by atoms with Crippen molar-refractivity contribution in [2.24, 2.45) is 16.5 Å². The van der Waals surface area contributed by atoms with E-state index in [0.29, 0.717) is 26.6 Å². The average molecular weight is 393 g/mol. The number of fused-ring (bicyclic) bond motifs is 1. The zero-order valence-corrected chi connectivity index (χ0v) is 14.7. The predicted molar refractivity (Wildman–Crippen MR) is 103 cm³/mol. The van der Waals surface area contributed by atoms with Crippen molar-refractivity contribution in [2.75, 3.05) is 5.32 Å². The van der Waals surface area contributed by atoms with Gasteiger partial charge in [0.2, 0.25) is 0 Å². The Morgan fingerprint density at radius 2 is 1.88 bits per heavy atom. The number of nitrogens with zero attached hydrogens (tertiary/aromatic N) is 3. The first-order valence-corrected chi connectivity index (χ1v) is 7.80. The largest absolute Gasteiger partial charge is 0.370 e. The van der Waals surface area contributed by atoms with Gasteiger partial charge in [0.05, 0.1) is 20.8 Å². The van der Waals surface area contributed by atoms with Crippen molar-refractivity contribution in [3.05, 3.63) is 58.1 Å². The molecule has 2 aromatic carbocycles. The third-order valence-electron chi connectivity index (χ3n) is 3.19. The van der Waals surface area contributed by atoms with E-state index in [-0.39, 0.29) is 30.0 Å². The number of halogens is 1. The topological polar surface area (TPSA) is 150 Å². The molecule has 5 N–H and O–H groups in total. The summed E-state index contributed by atoms with van der Waals surface area (Å²) in [5, 5.41) is 13.8. The Labute approximate surface area is 157 Å². The molecule has 0 radical (unpaired) electrons. The van der Waals surface area contributed by atoms with Crippen molar-refractivity contribution >= 4 is 62.3 Å². The molecule has 1 aromatic heterocycles. The third-order valence-corrected chi connectivity index (χ3v) is 4.12. The fraction of sp³-hybridized carbons (Fsp3) is 0. The van der Waals surface area contributed by atoms with Crippen molar-refractivity contribution in [1.82, 2.24) is 4.98 Å². The maximum Gasteiger partial charge on any atom is 0.270 e. The molecule has 3 rings (SSSR count). The zero-order chi connectivity index (χ0) is 18.0. The van der Waals surface area contributed by atoms with Gasteiger partial charge in [0.15, 0.2) is 11.1 Å². The number of nitro benzene ring substituents is 1. The van der Waals surface area contributed by atoms with E-state index in [4.69, 9.17) is 11.5 Å². The van der Waals surface area contributed by atoms with E-state index in [1.807, 2.05) is 0 Å². The lowest BCUT2D eigenvalue weighted by molar-refractivity contribution is -0.384. The standard InChI is InChI=1S/C15H12N6O3S.ClH/c16-14(17)18-9-3-1-8(2-4-9)13(22)20-15-19-11-6-5-10(21(23)24)7-12(11)25-15;/h1-7H,(H4,16,17,18)(H,19,20,22);1H. The number of carbonyl (C=O) groups excluding carboxylic acids is 1. The Morgan fingerprint density at radius 3 is 2.50 bits per heavy atom. The number of nitro groups is 1. The first-order valence-electron chi connectivity index (χ1n) is 6.98. The van der Waals surface area contributed by atoms with Crippen molar-refractivity contribution in [3.63, 3.8) is 0 Å². The lowest BCUT2D eigenvalue weighted by Crippen LogP contribution is -2.21. The molecule has 0 fully saturated rings. The van der Waals surface area contributed by atoms with E-state index in [2.05, 4.69) is 15.3 Å². The SMILES string of the molecule is Cl.NC(N)=Nc1ccc(C(=O)Nc2nc3ccc([N+](=O)[O-])cc3s2)cc1. The number of aromatic nitrogens is 1. The number of rotatable bonds is 4. The Hall–Kier alpha value is -3.24. The zero-order valence-electron chi connectivity index (χ0n) is 13.1. The van der Waals surface area contributed by atoms with Crippen LogP contribution >= 0.6 is 23.7 Å². The molecule has 3 aromatic rings. The number of amides is 1. The van der Waals surface area contributed by atoms with Gasteiger partial charge in [0.1, 0.15) is 0 Å². The normalized spacial score (nSPS) is 10.0. The van der Waals surface area contributed by atoms with Gasteiger partial charge in [-0.2, -0.15) is 0 Å². The van der Waals surface area contributed by atoms with Crippen LogP contribution in [0, 0.1) is 10.1 Å². The van der Waals surface area contributed by atoms with Crippen LogP contribution in [0.25, 0.3) is 10.2 Å². The molecule has 0 aliphatic heterocycles. The molecule has 0 aliphatic rings. The van der Waals surface area contributed by atoms with Crippen LogP contribution in [0.5, 0.6) is 0 Å². The highest BCUT2D eigenvalue weighted by atomic mass is 35.5. The Bertz CT molecular complexity index is 998. The quantitative estimate of drug-likeness (QED) is 0.269. The van der Waals surface area contributed by atoms with Crippen LogP contribution in [0.15, 0.2) is 47.5 Å². The number of anilines is 1. The lowest BCUT2D eigenvalue weighted by atomic mass is 10.2. The van der Waals surface area contributed by atoms with Gasteiger partial charge in [-0.05, 0) is 30.3 Å². The number of hydrogen-bond acceptors (Lipinski definition) is 6. The summed E-state index contributed by atoms with van der Waals surface area (Å²) >= 11 is 1.16. The number of nitrogens with two attached hydrogens (primary N) is 2. The summed E-state index contributed by atoms with van der Waals surface area (Å²) in [7, 11) is 0. The third kappa shape index (κ3) is 4.23. The number of benzene rings is 2. The van der Waals surface area contributed by atoms with E-state index in [1.54, 1.807) is 30.3 Å². The maximum absolute atomic E-state index is 12.3. The van der Waals surface area contributed by atoms with Crippen LogP contribution in [-0.4, -0.2) is 21.8 Å². The minimum absolute atomic E-state index is 0. The minimum Gasteiger partial charge on any atom is -0.370 e. The number of hydrogen-bond donors (Lipinski definition) is 3. The van der Waals surface area contributed by atoms with E-state index in [0.717, 1.165) is 11.3 Å². The molecule has 0 aliphatic carbocycles. The summed E-state index contributed by atoms with van der Waals surface area (Å²) in [4.78, 5) is 30.7. The van der Waals surface area contributed by atoms with Gasteiger partial charge in [-0.3, -0.25) is 20.2 Å². The molecule has 26 heavy (non-hydrogen) atoms. The molecule has 11 heteroatoms. The number of non-ortho nitro benzene ring substituents is 1. The van der Waals surface area contributed by atoms with Crippen LogP contribution in [0.2, 0.25) is 0 Å². The van der Waals surface area contributed by atoms with Crippen molar-refractivity contribution < 1.29 is 9.72 Å². The molecule has 0 spiro atoms. The number of aliphatic imine (C=N–C) groups is 1. The van der Waals surface area contributed by atoms with E-state index < -0.39 is 4.92 Å². The summed E-state index contributed by atoms with van der Waals surface area (Å²) in [5.41, 5.74) is 12.1. The first kappa shape index (κ1) is 19.1. The molecule has 0 unspecified atom stereocenters. The van der Waals surface area contributed by atoms with Crippen LogP contribution in [0.1, 0.15) is 10.4 Å². The molecular weight excluding hydrogens is 380 g/mol. The van der Waals surface area contributed by atoms with Gasteiger partial charge in [-0.1, -0.05) is 11.3 Å². The maximum atomic E-state index is 12.3. The summed E-state index contributed by atoms with van der Waals surface area (Å²) in [6.07, 6.45) is 0. The fourth-order valence-corrected chi connectivity index (χ4v) is 2.98. The second-order valence-corrected chi connectivity index (χ2v) is 6.00. The number of carbonyl (C=O) groups is 1. The minimum atomic E-state index is -0.477. The molecule has 0 atom stereocenters. The number of thiazole rings is 1. The van der Waals surface area contributed by atoms with Gasteiger partial charge in [-0.25, -0.2) is 9.98 Å². The highest BCUT2D eigenvalue weighted by molar-refractivity contribution is 7.22. The second-order valence-electron chi connectivity index (χ2n) is 4.97. The van der Waals surface area contributed by atoms with E-state index in [9.17, 15) is 14.9 Å². The van der Waals surface area contributed by atoms with Crippen molar-refractivity contribution in [1.29, 1.82) is 0 Å². The second kappa shape index (κ2) is 7.76. The number of nitrogens with one attached hydrogen (secondary N) is 1. The molecule has 0 bridgehead atoms. The van der Waals surface area contributed by atoms with Gasteiger partial charge < -0.3 is 11.5 Å². The van der Waals surface area contributed by atoms with Gasteiger partial charge in [0.25, 0.3) is 11.6 Å². The summed E-state index contributed by atoms with van der Waals surface area (Å²) in [6.45, 7) is 0. The van der Waals surface area contributed by atoms with Crippen LogP contribution in [-0.2, 0) is 0 Å². The van der Waals surface area contributed by atoms with Crippen molar-refractivity contribution in [3.8, 4) is 0 Å². The molecule has 1 heterocycles. The highest BCUT2D eigenvalue weighted by Gasteiger charge is 2.13. The molecule has 0 saturated carbocycles. The monoisotopic (exact) mass is 392 g/mol. The Balaban J connectivity index is 0.00000243. The van der Waals surface area contributed by atoms with Crippen LogP contribution < -0.4 is 16.8 Å². The summed E-state index contributed by atoms with van der Waals surface area (Å²) in [6, 6.07) is 10.7. The molecule has 0 saturated heterocycles. The molecule has 134 valence electrons. The summed E-state index contributed by atoms with van der Waals surface area (Å²) < 4.78 is 0.618. The Kier molecular flexibility index (Phi) is 5.70. The van der Waals surface area contributed by atoms with Crippen LogP contribution in [0.3, 0.4) is 0 Å². The Morgan fingerprint density at radius 1 is 1.19 bits per heavy atom. The molecule has 9 nitrogen and oxygen atoms in total. The van der Waals surface area contributed by atoms with Crippen molar-refractivity contribution in [2.45, 2.75) is 0 Å². The predicted octanol–water partition coefficient (Wildman–Crippen LogP) is 2.78. The van der Waals surface area contributed by atoms with E-state index in [1.165, 1.54) is 12.1 Å². The molecular formula is C15H13ClN6O3S. The lowest BCUT2D eigenvalue weighted by Gasteiger charge is -2.02. The first-order chi connectivity index (χ1) is 11.9. The average Bonchev–Trinajstić information content (AvgIpc) is 2.96. The molecule has 1 amide bonds. The fourth-order valence-electron chi connectivity index (χ4n) is 2.09. The van der Waals surface area contributed by atoms with E-state index >= 15 is 0 Å².